The number of ether oxygens (including phenoxy) is 2. The van der Waals surface area contributed by atoms with Crippen molar-refractivity contribution in [2.45, 2.75) is 18.9 Å². The summed E-state index contributed by atoms with van der Waals surface area (Å²) in [4.78, 5) is 12.4. The molecule has 1 aromatic carbocycles. The smallest absolute Gasteiger partial charge is 0.258 e. The SMILES string of the molecule is O=C(Nc1nnc2ccccn12)c1ccc(OCC2CCCO2)cc1. The molecule has 2 aromatic heterocycles. The molecular formula is C18H18N4O3. The standard InChI is InChI=1S/C18H18N4O3/c23-17(19-18-21-20-16-5-1-2-10-22(16)18)13-6-8-14(9-7-13)25-12-15-4-3-11-24-15/h1-2,5-10,15H,3-4,11-12H2,(H,19,21,23). The minimum atomic E-state index is -0.246. The van der Waals surface area contributed by atoms with Gasteiger partial charge < -0.3 is 9.47 Å². The van der Waals surface area contributed by atoms with Crippen molar-refractivity contribution < 1.29 is 14.3 Å². The Kier molecular flexibility index (Phi) is 4.30. The molecule has 4 rings (SSSR count). The molecule has 0 aliphatic carbocycles. The Morgan fingerprint density at radius 2 is 2.12 bits per heavy atom. The van der Waals surface area contributed by atoms with Crippen LogP contribution in [0.4, 0.5) is 5.95 Å². The molecule has 0 radical (unpaired) electrons. The molecular weight excluding hydrogens is 320 g/mol. The molecule has 0 bridgehead atoms. The molecule has 1 saturated heterocycles. The summed E-state index contributed by atoms with van der Waals surface area (Å²) < 4.78 is 13.0. The fourth-order valence-electron chi connectivity index (χ4n) is 2.77. The van der Waals surface area contributed by atoms with Gasteiger partial charge in [-0.15, -0.1) is 10.2 Å². The van der Waals surface area contributed by atoms with E-state index in [9.17, 15) is 4.79 Å². The van der Waals surface area contributed by atoms with E-state index in [2.05, 4.69) is 15.5 Å². The van der Waals surface area contributed by atoms with Crippen LogP contribution in [-0.4, -0.2) is 39.8 Å². The molecule has 25 heavy (non-hydrogen) atoms. The van der Waals surface area contributed by atoms with E-state index in [1.54, 1.807) is 34.9 Å². The fourth-order valence-corrected chi connectivity index (χ4v) is 2.77. The predicted octanol–water partition coefficient (Wildman–Crippen LogP) is 2.54. The lowest BCUT2D eigenvalue weighted by atomic mass is 10.2. The Bertz CT molecular complexity index is 869. The molecule has 7 heteroatoms. The van der Waals surface area contributed by atoms with Gasteiger partial charge in [0.2, 0.25) is 5.95 Å². The number of aromatic nitrogens is 3. The molecule has 1 aliphatic rings. The highest BCUT2D eigenvalue weighted by Crippen LogP contribution is 2.17. The summed E-state index contributed by atoms with van der Waals surface area (Å²) in [5.41, 5.74) is 1.20. The van der Waals surface area contributed by atoms with Gasteiger partial charge in [-0.2, -0.15) is 0 Å². The first-order valence-electron chi connectivity index (χ1n) is 8.25. The third-order valence-corrected chi connectivity index (χ3v) is 4.12. The second-order valence-corrected chi connectivity index (χ2v) is 5.88. The highest BCUT2D eigenvalue weighted by atomic mass is 16.5. The number of amides is 1. The van der Waals surface area contributed by atoms with Crippen molar-refractivity contribution in [3.05, 3.63) is 54.2 Å². The average molecular weight is 338 g/mol. The van der Waals surface area contributed by atoms with Crippen LogP contribution < -0.4 is 10.1 Å². The zero-order chi connectivity index (χ0) is 17.1. The molecule has 1 unspecified atom stereocenters. The average Bonchev–Trinajstić information content (AvgIpc) is 3.31. The summed E-state index contributed by atoms with van der Waals surface area (Å²) in [5, 5.41) is 10.8. The minimum Gasteiger partial charge on any atom is -0.491 e. The Morgan fingerprint density at radius 3 is 2.92 bits per heavy atom. The summed E-state index contributed by atoms with van der Waals surface area (Å²) in [5.74, 6) is 0.864. The summed E-state index contributed by atoms with van der Waals surface area (Å²) in [7, 11) is 0. The number of nitrogens with one attached hydrogen (secondary N) is 1. The Balaban J connectivity index is 1.40. The van der Waals surface area contributed by atoms with Crippen molar-refractivity contribution in [1.29, 1.82) is 0 Å². The zero-order valence-electron chi connectivity index (χ0n) is 13.6. The molecule has 7 nitrogen and oxygen atoms in total. The third-order valence-electron chi connectivity index (χ3n) is 4.12. The number of pyridine rings is 1. The molecule has 1 fully saturated rings. The van der Waals surface area contributed by atoms with Crippen molar-refractivity contribution >= 4 is 17.5 Å². The topological polar surface area (TPSA) is 77.8 Å². The number of rotatable bonds is 5. The second-order valence-electron chi connectivity index (χ2n) is 5.88. The largest absolute Gasteiger partial charge is 0.491 e. The van der Waals surface area contributed by atoms with Crippen molar-refractivity contribution in [2.24, 2.45) is 0 Å². The highest BCUT2D eigenvalue weighted by molar-refractivity contribution is 6.03. The summed E-state index contributed by atoms with van der Waals surface area (Å²) in [6.07, 6.45) is 4.09. The van der Waals surface area contributed by atoms with Gasteiger partial charge in [0.1, 0.15) is 12.4 Å². The predicted molar refractivity (Wildman–Crippen MR) is 91.9 cm³/mol. The van der Waals surface area contributed by atoms with Crippen LogP contribution in [0.5, 0.6) is 5.75 Å². The van der Waals surface area contributed by atoms with E-state index in [1.165, 1.54) is 0 Å². The second kappa shape index (κ2) is 6.90. The first-order valence-corrected chi connectivity index (χ1v) is 8.25. The number of benzene rings is 1. The van der Waals surface area contributed by atoms with Crippen LogP contribution >= 0.6 is 0 Å². The molecule has 1 amide bonds. The van der Waals surface area contributed by atoms with Gasteiger partial charge in [0.25, 0.3) is 5.91 Å². The number of carbonyl (C=O) groups is 1. The van der Waals surface area contributed by atoms with Gasteiger partial charge >= 0.3 is 0 Å². The van der Waals surface area contributed by atoms with Gasteiger partial charge in [0, 0.05) is 18.4 Å². The third kappa shape index (κ3) is 3.46. The molecule has 1 atom stereocenters. The van der Waals surface area contributed by atoms with Gasteiger partial charge in [0.15, 0.2) is 5.65 Å². The van der Waals surface area contributed by atoms with E-state index >= 15 is 0 Å². The first kappa shape index (κ1) is 15.6. The lowest BCUT2D eigenvalue weighted by molar-refractivity contribution is 0.0679. The zero-order valence-corrected chi connectivity index (χ0v) is 13.6. The molecule has 128 valence electrons. The lowest BCUT2D eigenvalue weighted by Gasteiger charge is -2.11. The van der Waals surface area contributed by atoms with Crippen LogP contribution in [0.3, 0.4) is 0 Å². The van der Waals surface area contributed by atoms with Gasteiger partial charge in [0.05, 0.1) is 6.10 Å². The molecule has 0 spiro atoms. The molecule has 0 saturated carbocycles. The maximum absolute atomic E-state index is 12.4. The van der Waals surface area contributed by atoms with E-state index in [0.29, 0.717) is 23.8 Å². The Hall–Kier alpha value is -2.93. The normalized spacial score (nSPS) is 16.9. The molecule has 1 N–H and O–H groups in total. The quantitative estimate of drug-likeness (QED) is 0.773. The molecule has 3 aromatic rings. The van der Waals surface area contributed by atoms with Crippen LogP contribution in [0.2, 0.25) is 0 Å². The molecule has 3 heterocycles. The minimum absolute atomic E-state index is 0.171. The summed E-state index contributed by atoms with van der Waals surface area (Å²) in [6.45, 7) is 1.35. The van der Waals surface area contributed by atoms with Gasteiger partial charge in [-0.25, -0.2) is 0 Å². The van der Waals surface area contributed by atoms with E-state index in [-0.39, 0.29) is 12.0 Å². The van der Waals surface area contributed by atoms with E-state index in [0.717, 1.165) is 25.2 Å². The van der Waals surface area contributed by atoms with Gasteiger partial charge in [-0.1, -0.05) is 6.07 Å². The van der Waals surface area contributed by atoms with Crippen LogP contribution in [-0.2, 0) is 4.74 Å². The van der Waals surface area contributed by atoms with Crippen molar-refractivity contribution in [1.82, 2.24) is 14.6 Å². The first-order chi connectivity index (χ1) is 12.3. The maximum Gasteiger partial charge on any atom is 0.258 e. The number of hydrogen-bond acceptors (Lipinski definition) is 5. The van der Waals surface area contributed by atoms with Crippen LogP contribution in [0.25, 0.3) is 5.65 Å². The number of carbonyl (C=O) groups excluding carboxylic acids is 1. The monoisotopic (exact) mass is 338 g/mol. The molecule has 1 aliphatic heterocycles. The van der Waals surface area contributed by atoms with Crippen molar-refractivity contribution in [2.75, 3.05) is 18.5 Å². The lowest BCUT2D eigenvalue weighted by Crippen LogP contribution is -2.16. The van der Waals surface area contributed by atoms with Crippen LogP contribution in [0, 0.1) is 0 Å². The summed E-state index contributed by atoms with van der Waals surface area (Å²) >= 11 is 0. The highest BCUT2D eigenvalue weighted by Gasteiger charge is 2.16. The summed E-state index contributed by atoms with van der Waals surface area (Å²) in [6, 6.07) is 12.6. The number of anilines is 1. The Morgan fingerprint density at radius 1 is 1.24 bits per heavy atom. The van der Waals surface area contributed by atoms with E-state index < -0.39 is 0 Å². The maximum atomic E-state index is 12.4. The van der Waals surface area contributed by atoms with E-state index in [1.807, 2.05) is 18.2 Å². The fraction of sp³-hybridized carbons (Fsp3) is 0.278. The Labute approximate surface area is 144 Å². The van der Waals surface area contributed by atoms with E-state index in [4.69, 9.17) is 9.47 Å². The van der Waals surface area contributed by atoms with Crippen molar-refractivity contribution in [3.63, 3.8) is 0 Å². The number of fused-ring (bicyclic) bond motifs is 1. The van der Waals surface area contributed by atoms with Crippen LogP contribution in [0.1, 0.15) is 23.2 Å². The number of nitrogens with zero attached hydrogens (tertiary/aromatic N) is 3. The van der Waals surface area contributed by atoms with Gasteiger partial charge in [-0.05, 0) is 49.2 Å². The van der Waals surface area contributed by atoms with Gasteiger partial charge in [-0.3, -0.25) is 14.5 Å². The van der Waals surface area contributed by atoms with Crippen molar-refractivity contribution in [3.8, 4) is 5.75 Å². The van der Waals surface area contributed by atoms with Crippen LogP contribution in [0.15, 0.2) is 48.7 Å². The number of hydrogen-bond donors (Lipinski definition) is 1.